The van der Waals surface area contributed by atoms with Gasteiger partial charge in [0.2, 0.25) is 18.1 Å². The van der Waals surface area contributed by atoms with Crippen molar-refractivity contribution >= 4 is 17.7 Å². The van der Waals surface area contributed by atoms with Gasteiger partial charge in [-0.05, 0) is 0 Å². The van der Waals surface area contributed by atoms with Crippen LogP contribution in [0.1, 0.15) is 20.8 Å². The van der Waals surface area contributed by atoms with Gasteiger partial charge in [-0.25, -0.2) is 4.99 Å². The summed E-state index contributed by atoms with van der Waals surface area (Å²) >= 11 is 0. The Kier molecular flexibility index (Phi) is 10.7. The smallest absolute Gasteiger partial charge is 0.227 e. The molecule has 0 aromatic heterocycles. The lowest BCUT2D eigenvalue weighted by molar-refractivity contribution is -0.349. The molecule has 4 aliphatic heterocycles. The Morgan fingerprint density at radius 2 is 1.21 bits per heavy atom. The number of hydrogen-bond donors (Lipinski definition) is 9. The minimum atomic E-state index is -1.69. The molecule has 0 radical (unpaired) electrons. The molecule has 4 rings (SSSR count). The highest BCUT2D eigenvalue weighted by molar-refractivity contribution is 5.75. The summed E-state index contributed by atoms with van der Waals surface area (Å²) in [5.74, 6) is -0.980. The zero-order valence-electron chi connectivity index (χ0n) is 23.1. The van der Waals surface area contributed by atoms with Crippen molar-refractivity contribution in [2.24, 2.45) is 4.99 Å². The van der Waals surface area contributed by atoms with Crippen LogP contribution < -0.4 is 10.6 Å². The van der Waals surface area contributed by atoms with Gasteiger partial charge in [-0.15, -0.1) is 0 Å². The molecule has 18 heteroatoms. The molecule has 9 N–H and O–H groups in total. The average molecular weight is 610 g/mol. The third kappa shape index (κ3) is 6.69. The predicted octanol–water partition coefficient (Wildman–Crippen LogP) is -5.82. The van der Waals surface area contributed by atoms with Crippen molar-refractivity contribution in [1.29, 1.82) is 0 Å². The maximum absolute atomic E-state index is 12.1. The van der Waals surface area contributed by atoms with E-state index in [0.717, 1.165) is 13.8 Å². The molecular formula is C24H39N3O15. The fourth-order valence-electron chi connectivity index (χ4n) is 5.50. The molecule has 4 heterocycles. The molecular weight excluding hydrogens is 570 g/mol. The number of fused-ring (bicyclic) bond motifs is 1. The number of aliphatic imine (C=N–C) groups is 1. The first-order valence-electron chi connectivity index (χ1n) is 13.5. The number of nitrogens with one attached hydrogen (secondary N) is 2. The molecule has 0 spiro atoms. The maximum Gasteiger partial charge on any atom is 0.227 e. The quantitative estimate of drug-likeness (QED) is 0.118. The second-order valence-electron chi connectivity index (χ2n) is 10.5. The highest BCUT2D eigenvalue weighted by atomic mass is 16.7. The van der Waals surface area contributed by atoms with Crippen LogP contribution in [0.2, 0.25) is 0 Å². The van der Waals surface area contributed by atoms with Crippen LogP contribution in [0.25, 0.3) is 0 Å². The summed E-state index contributed by atoms with van der Waals surface area (Å²) in [7, 11) is 0. The van der Waals surface area contributed by atoms with Crippen LogP contribution in [0, 0.1) is 0 Å². The van der Waals surface area contributed by atoms with E-state index < -0.39 is 124 Å². The van der Waals surface area contributed by atoms with E-state index in [1.165, 1.54) is 0 Å². The molecule has 240 valence electrons. The van der Waals surface area contributed by atoms with Crippen molar-refractivity contribution < 1.29 is 73.8 Å². The predicted molar refractivity (Wildman–Crippen MR) is 134 cm³/mol. The number of nitrogens with zero attached hydrogens (tertiary/aromatic N) is 1. The molecule has 3 saturated heterocycles. The number of rotatable bonds is 9. The van der Waals surface area contributed by atoms with Gasteiger partial charge in [0, 0.05) is 20.8 Å². The van der Waals surface area contributed by atoms with E-state index in [1.54, 1.807) is 6.92 Å². The first-order valence-corrected chi connectivity index (χ1v) is 13.5. The molecule has 6 unspecified atom stereocenters. The van der Waals surface area contributed by atoms with Gasteiger partial charge in [-0.1, -0.05) is 0 Å². The summed E-state index contributed by atoms with van der Waals surface area (Å²) in [6.45, 7) is 1.77. The minimum Gasteiger partial charge on any atom is -0.450 e. The molecule has 3 fully saturated rings. The minimum absolute atomic E-state index is 0.255. The van der Waals surface area contributed by atoms with Crippen LogP contribution >= 0.6 is 0 Å². The van der Waals surface area contributed by atoms with Crippen molar-refractivity contribution in [2.75, 3.05) is 19.8 Å². The fraction of sp³-hybridized carbons (Fsp3) is 0.875. The first-order chi connectivity index (χ1) is 19.9. The Labute approximate surface area is 240 Å². The molecule has 15 atom stereocenters. The molecule has 0 aromatic carbocycles. The van der Waals surface area contributed by atoms with Gasteiger partial charge in [0.25, 0.3) is 0 Å². The van der Waals surface area contributed by atoms with E-state index in [-0.39, 0.29) is 5.90 Å². The lowest BCUT2D eigenvalue weighted by Gasteiger charge is -2.49. The van der Waals surface area contributed by atoms with Gasteiger partial charge in [0.05, 0.1) is 19.8 Å². The summed E-state index contributed by atoms with van der Waals surface area (Å²) in [6, 6.07) is -3.66. The summed E-state index contributed by atoms with van der Waals surface area (Å²) in [4.78, 5) is 28.1. The zero-order valence-corrected chi connectivity index (χ0v) is 23.1. The van der Waals surface area contributed by atoms with E-state index in [0.29, 0.717) is 0 Å². The molecule has 18 nitrogen and oxygen atoms in total. The molecule has 0 bridgehead atoms. The molecule has 2 amide bonds. The van der Waals surface area contributed by atoms with Gasteiger partial charge in [0.1, 0.15) is 73.1 Å². The lowest BCUT2D eigenvalue weighted by Crippen LogP contribution is -2.70. The third-order valence-electron chi connectivity index (χ3n) is 7.49. The van der Waals surface area contributed by atoms with E-state index in [9.17, 15) is 45.3 Å². The van der Waals surface area contributed by atoms with Gasteiger partial charge >= 0.3 is 0 Å². The summed E-state index contributed by atoms with van der Waals surface area (Å²) in [5, 5.41) is 77.8. The highest BCUT2D eigenvalue weighted by Gasteiger charge is 2.55. The van der Waals surface area contributed by atoms with Gasteiger partial charge in [-0.2, -0.15) is 0 Å². The van der Waals surface area contributed by atoms with E-state index in [4.69, 9.17) is 28.4 Å². The van der Waals surface area contributed by atoms with Crippen molar-refractivity contribution in [3.8, 4) is 0 Å². The van der Waals surface area contributed by atoms with E-state index in [1.807, 2.05) is 0 Å². The van der Waals surface area contributed by atoms with E-state index in [2.05, 4.69) is 15.6 Å². The number of amides is 2. The maximum atomic E-state index is 12.1. The second kappa shape index (κ2) is 13.7. The van der Waals surface area contributed by atoms with Crippen LogP contribution in [0.3, 0.4) is 0 Å². The van der Waals surface area contributed by atoms with Crippen molar-refractivity contribution in [3.05, 3.63) is 0 Å². The number of carbonyl (C=O) groups excluding carboxylic acids is 2. The third-order valence-corrected chi connectivity index (χ3v) is 7.49. The Morgan fingerprint density at radius 1 is 0.738 bits per heavy atom. The average Bonchev–Trinajstić information content (AvgIpc) is 3.32. The molecule has 0 aromatic rings. The number of aliphatic hydroxyl groups is 7. The summed E-state index contributed by atoms with van der Waals surface area (Å²) in [5.41, 5.74) is 0. The van der Waals surface area contributed by atoms with Gasteiger partial charge in [0.15, 0.2) is 18.5 Å². The Bertz CT molecular complexity index is 989. The van der Waals surface area contributed by atoms with Gasteiger partial charge in [-0.3, -0.25) is 9.59 Å². The van der Waals surface area contributed by atoms with E-state index >= 15 is 0 Å². The van der Waals surface area contributed by atoms with Crippen LogP contribution in [-0.4, -0.2) is 165 Å². The van der Waals surface area contributed by atoms with Crippen molar-refractivity contribution in [1.82, 2.24) is 10.6 Å². The SMILES string of the molecule is CC(=O)NC1[C@H](O[C@@H]2C(CO)O[C@@H](O[C@@H]3C(CO)O[C@@H]4OC(C)=NC4[C@H]3O)C(NC(C)=O)[C@H]2O)OC(CO)[C@@H](O)[C@@H]1O. The number of hydrogen-bond acceptors (Lipinski definition) is 16. The summed E-state index contributed by atoms with van der Waals surface area (Å²) < 4.78 is 34.4. The number of aliphatic hydroxyl groups excluding tert-OH is 7. The highest BCUT2D eigenvalue weighted by Crippen LogP contribution is 2.34. The van der Waals surface area contributed by atoms with Crippen molar-refractivity contribution in [2.45, 2.75) is 113 Å². The topological polar surface area (TPSA) is 268 Å². The standard InChI is InChI=1S/C24H39N3O15/c1-7(31)25-13-17(34)16(33)10(4-28)38-23(13)41-20-12(6-30)40-24(14(18(20)35)26-8(2)32)42-21-11(5-29)39-22-15(19(21)36)27-9(3)37-22/h10-24,28-30,33-36H,4-6H2,1-3H3,(H,25,31)(H,26,32)/t10?,11?,12?,13?,14?,15?,16-,17-,18-,19-,20-,21-,22+,23+,24+/m1/s1. The van der Waals surface area contributed by atoms with Crippen molar-refractivity contribution in [3.63, 3.8) is 0 Å². The fourth-order valence-corrected chi connectivity index (χ4v) is 5.50. The molecule has 0 aliphatic carbocycles. The normalized spacial score (nSPS) is 45.4. The Morgan fingerprint density at radius 3 is 1.74 bits per heavy atom. The molecule has 42 heavy (non-hydrogen) atoms. The Balaban J connectivity index is 1.58. The second-order valence-corrected chi connectivity index (χ2v) is 10.5. The summed E-state index contributed by atoms with van der Waals surface area (Å²) in [6.07, 6.45) is -17.0. The first kappa shape index (κ1) is 32.8. The van der Waals surface area contributed by atoms with Crippen LogP contribution in [-0.2, 0) is 38.0 Å². The molecule has 0 saturated carbocycles. The molecule has 4 aliphatic rings. The van der Waals surface area contributed by atoms with Crippen LogP contribution in [0.4, 0.5) is 0 Å². The zero-order chi connectivity index (χ0) is 30.9. The number of ether oxygens (including phenoxy) is 6. The number of carbonyl (C=O) groups is 2. The van der Waals surface area contributed by atoms with Crippen LogP contribution in [0.15, 0.2) is 4.99 Å². The lowest BCUT2D eigenvalue weighted by atomic mass is 9.94. The van der Waals surface area contributed by atoms with Gasteiger partial charge < -0.3 is 74.8 Å². The Hall–Kier alpha value is -2.07. The van der Waals surface area contributed by atoms with Crippen LogP contribution in [0.5, 0.6) is 0 Å². The monoisotopic (exact) mass is 609 g/mol. The largest absolute Gasteiger partial charge is 0.450 e.